The van der Waals surface area contributed by atoms with E-state index in [0.717, 1.165) is 5.56 Å². The van der Waals surface area contributed by atoms with Crippen molar-refractivity contribution in [3.63, 3.8) is 0 Å². The fraction of sp³-hybridized carbons (Fsp3) is 0.286. The van der Waals surface area contributed by atoms with Crippen LogP contribution in [0.4, 0.5) is 0 Å². The number of fused-ring (bicyclic) bond motifs is 1. The predicted octanol–water partition coefficient (Wildman–Crippen LogP) is 3.92. The lowest BCUT2D eigenvalue weighted by atomic mass is 10.1. The highest BCUT2D eigenvalue weighted by molar-refractivity contribution is 6.75. The van der Waals surface area contributed by atoms with Gasteiger partial charge >= 0.3 is 5.97 Å². The molecule has 164 valence electrons. The molecular formula is C21H19Cl3N2O5. The van der Waals surface area contributed by atoms with E-state index in [1.165, 1.54) is 4.57 Å². The Labute approximate surface area is 193 Å². The smallest absolute Gasteiger partial charge is 0.358 e. The zero-order valence-electron chi connectivity index (χ0n) is 16.7. The molecule has 1 aromatic heterocycles. The van der Waals surface area contributed by atoms with E-state index in [4.69, 9.17) is 49.0 Å². The molecule has 2 aromatic carbocycles. The molecule has 31 heavy (non-hydrogen) atoms. The van der Waals surface area contributed by atoms with Gasteiger partial charge in [0.1, 0.15) is 12.4 Å². The van der Waals surface area contributed by atoms with Crippen LogP contribution in [0.15, 0.2) is 47.3 Å². The highest BCUT2D eigenvalue weighted by Crippen LogP contribution is 2.29. The van der Waals surface area contributed by atoms with E-state index in [2.05, 4.69) is 4.98 Å². The van der Waals surface area contributed by atoms with Crippen LogP contribution in [0.5, 0.6) is 11.5 Å². The van der Waals surface area contributed by atoms with Crippen molar-refractivity contribution in [3.05, 3.63) is 64.2 Å². The first-order valence-corrected chi connectivity index (χ1v) is 10.3. The third kappa shape index (κ3) is 5.42. The average molecular weight is 486 g/mol. The highest BCUT2D eigenvalue weighted by atomic mass is 35.6. The molecule has 0 N–H and O–H groups in total. The van der Waals surface area contributed by atoms with Gasteiger partial charge in [-0.1, -0.05) is 53.0 Å². The van der Waals surface area contributed by atoms with Gasteiger partial charge in [-0.05, 0) is 29.8 Å². The van der Waals surface area contributed by atoms with E-state index in [0.29, 0.717) is 34.6 Å². The summed E-state index contributed by atoms with van der Waals surface area (Å²) >= 11 is 16.6. The van der Waals surface area contributed by atoms with Crippen LogP contribution in [0.1, 0.15) is 11.4 Å². The molecule has 0 saturated carbocycles. The topological polar surface area (TPSA) is 79.6 Å². The number of nitrogens with zero attached hydrogens (tertiary/aromatic N) is 2. The lowest BCUT2D eigenvalue weighted by Gasteiger charge is -2.16. The quantitative estimate of drug-likeness (QED) is 0.373. The van der Waals surface area contributed by atoms with E-state index in [-0.39, 0.29) is 18.7 Å². The summed E-state index contributed by atoms with van der Waals surface area (Å²) in [5.74, 6) is 0.626. The van der Waals surface area contributed by atoms with Crippen LogP contribution in [0.3, 0.4) is 0 Å². The summed E-state index contributed by atoms with van der Waals surface area (Å²) in [5.41, 5.74) is 1.16. The first-order valence-electron chi connectivity index (χ1n) is 9.18. The Hall–Kier alpha value is -2.48. The van der Waals surface area contributed by atoms with Crippen molar-refractivity contribution in [2.75, 3.05) is 20.8 Å². The van der Waals surface area contributed by atoms with Crippen molar-refractivity contribution in [1.82, 2.24) is 9.55 Å². The number of methoxy groups -OCH3 is 2. The zero-order valence-corrected chi connectivity index (χ0v) is 19.0. The second-order valence-electron chi connectivity index (χ2n) is 6.50. The summed E-state index contributed by atoms with van der Waals surface area (Å²) in [7, 11) is 3.10. The van der Waals surface area contributed by atoms with Crippen molar-refractivity contribution in [1.29, 1.82) is 0 Å². The summed E-state index contributed by atoms with van der Waals surface area (Å²) < 4.78 is 14.9. The van der Waals surface area contributed by atoms with Crippen molar-refractivity contribution in [2.45, 2.75) is 16.8 Å². The molecule has 0 fully saturated rings. The second-order valence-corrected chi connectivity index (χ2v) is 8.78. The molecule has 0 atom stereocenters. The van der Waals surface area contributed by atoms with Crippen LogP contribution in [0, 0.1) is 0 Å². The monoisotopic (exact) mass is 484 g/mol. The average Bonchev–Trinajstić information content (AvgIpc) is 2.75. The van der Waals surface area contributed by atoms with Crippen LogP contribution in [-0.4, -0.2) is 40.1 Å². The van der Waals surface area contributed by atoms with Crippen molar-refractivity contribution >= 4 is 51.7 Å². The molecule has 0 radical (unpaired) electrons. The molecule has 3 aromatic rings. The third-order valence-corrected chi connectivity index (χ3v) is 4.99. The van der Waals surface area contributed by atoms with Crippen LogP contribution in [-0.2, 0) is 22.5 Å². The zero-order chi connectivity index (χ0) is 22.6. The van der Waals surface area contributed by atoms with E-state index in [1.54, 1.807) is 38.5 Å². The molecule has 3 rings (SSSR count). The Morgan fingerprint density at radius 3 is 2.45 bits per heavy atom. The van der Waals surface area contributed by atoms with Gasteiger partial charge in [-0.3, -0.25) is 9.36 Å². The van der Waals surface area contributed by atoms with Crippen molar-refractivity contribution in [2.24, 2.45) is 0 Å². The SMILES string of the molecule is COc1ccc(Cc2nc3ccccc3c(=O)n2CCOC(=O)C(Cl)(Cl)Cl)cc1OC. The highest BCUT2D eigenvalue weighted by Gasteiger charge is 2.32. The Morgan fingerprint density at radius 1 is 1.06 bits per heavy atom. The molecule has 7 nitrogen and oxygen atoms in total. The number of halogens is 3. The summed E-state index contributed by atoms with van der Waals surface area (Å²) in [5, 5.41) is 0.450. The maximum absolute atomic E-state index is 13.1. The maximum atomic E-state index is 13.1. The number of para-hydroxylation sites is 1. The number of hydrogen-bond donors (Lipinski definition) is 0. The first-order chi connectivity index (χ1) is 14.7. The number of carbonyl (C=O) groups excluding carboxylic acids is 1. The van der Waals surface area contributed by atoms with Gasteiger partial charge in [0.2, 0.25) is 0 Å². The van der Waals surface area contributed by atoms with Crippen LogP contribution >= 0.6 is 34.8 Å². The van der Waals surface area contributed by atoms with Crippen molar-refractivity contribution < 1.29 is 19.0 Å². The fourth-order valence-electron chi connectivity index (χ4n) is 3.06. The molecule has 0 unspecified atom stereocenters. The Kier molecular flexibility index (Phi) is 7.30. The molecule has 0 aliphatic heterocycles. The fourth-order valence-corrected chi connectivity index (χ4v) is 3.23. The molecule has 0 spiro atoms. The molecule has 1 heterocycles. The lowest BCUT2D eigenvalue weighted by molar-refractivity contribution is -0.142. The van der Waals surface area contributed by atoms with E-state index < -0.39 is 9.76 Å². The molecule has 10 heteroatoms. The minimum Gasteiger partial charge on any atom is -0.493 e. The minimum atomic E-state index is -2.19. The standard InChI is InChI=1S/C21H19Cl3N2O5/c1-29-16-8-7-13(11-17(16)30-2)12-18-25-15-6-4-3-5-14(15)19(27)26(18)9-10-31-20(28)21(22,23)24/h3-8,11H,9-10,12H2,1-2H3. The number of alkyl halides is 3. The van der Waals surface area contributed by atoms with Gasteiger partial charge in [0.25, 0.3) is 9.35 Å². The van der Waals surface area contributed by atoms with Gasteiger partial charge in [0, 0.05) is 6.42 Å². The van der Waals surface area contributed by atoms with Crippen LogP contribution in [0.25, 0.3) is 10.9 Å². The summed E-state index contributed by atoms with van der Waals surface area (Å²) in [6.07, 6.45) is 0.332. The predicted molar refractivity (Wildman–Crippen MR) is 120 cm³/mol. The molecule has 0 aliphatic carbocycles. The van der Waals surface area contributed by atoms with E-state index in [9.17, 15) is 9.59 Å². The number of hydrogen-bond acceptors (Lipinski definition) is 6. The third-order valence-electron chi connectivity index (χ3n) is 4.53. The summed E-state index contributed by atoms with van der Waals surface area (Å²) in [6, 6.07) is 12.5. The first kappa shape index (κ1) is 23.2. The van der Waals surface area contributed by atoms with Gasteiger partial charge in [-0.15, -0.1) is 0 Å². The Morgan fingerprint density at radius 2 is 1.77 bits per heavy atom. The van der Waals surface area contributed by atoms with Gasteiger partial charge in [-0.2, -0.15) is 0 Å². The number of esters is 1. The van der Waals surface area contributed by atoms with Gasteiger partial charge < -0.3 is 14.2 Å². The van der Waals surface area contributed by atoms with Gasteiger partial charge in [0.15, 0.2) is 11.5 Å². The van der Waals surface area contributed by atoms with Crippen molar-refractivity contribution in [3.8, 4) is 11.5 Å². The largest absolute Gasteiger partial charge is 0.493 e. The van der Waals surface area contributed by atoms with Crippen LogP contribution in [0.2, 0.25) is 0 Å². The van der Waals surface area contributed by atoms with E-state index in [1.807, 2.05) is 18.2 Å². The van der Waals surface area contributed by atoms with Gasteiger partial charge in [-0.25, -0.2) is 9.78 Å². The number of benzene rings is 2. The molecular weight excluding hydrogens is 467 g/mol. The molecule has 0 amide bonds. The summed E-state index contributed by atoms with van der Waals surface area (Å²) in [4.78, 5) is 29.5. The second kappa shape index (κ2) is 9.77. The number of rotatable bonds is 7. The molecule has 0 saturated heterocycles. The lowest BCUT2D eigenvalue weighted by Crippen LogP contribution is -2.29. The maximum Gasteiger partial charge on any atom is 0.358 e. The number of ether oxygens (including phenoxy) is 3. The van der Waals surface area contributed by atoms with Crippen LogP contribution < -0.4 is 15.0 Å². The minimum absolute atomic E-state index is 0.0474. The Balaban J connectivity index is 1.96. The normalized spacial score (nSPS) is 11.4. The Bertz CT molecular complexity index is 1160. The molecule has 0 aliphatic rings. The number of carbonyl (C=O) groups is 1. The summed E-state index contributed by atoms with van der Waals surface area (Å²) in [6.45, 7) is -0.114. The van der Waals surface area contributed by atoms with E-state index >= 15 is 0 Å². The number of aromatic nitrogens is 2. The van der Waals surface area contributed by atoms with Gasteiger partial charge in [0.05, 0.1) is 31.7 Å². The molecule has 0 bridgehead atoms.